The second kappa shape index (κ2) is 17.8. The van der Waals surface area contributed by atoms with Crippen LogP contribution in [0.1, 0.15) is 58.1 Å². The van der Waals surface area contributed by atoms with Gasteiger partial charge in [0, 0.05) is 17.8 Å². The summed E-state index contributed by atoms with van der Waals surface area (Å²) in [5.74, 6) is 0.877. The summed E-state index contributed by atoms with van der Waals surface area (Å²) in [5, 5.41) is 17.6. The number of hydrogen-bond donors (Lipinski definition) is 2. The molecule has 1 unspecified atom stereocenters. The van der Waals surface area contributed by atoms with E-state index in [1.807, 2.05) is 32.0 Å². The molecule has 1 fully saturated rings. The minimum absolute atomic E-state index is 0.339. The van der Waals surface area contributed by atoms with Gasteiger partial charge >= 0.3 is 0 Å². The molecule has 0 spiro atoms. The first-order valence-electron chi connectivity index (χ1n) is 13.0. The third-order valence-corrected chi connectivity index (χ3v) is 6.31. The summed E-state index contributed by atoms with van der Waals surface area (Å²) in [6.45, 7) is 13.0. The van der Waals surface area contributed by atoms with E-state index in [1.54, 1.807) is 6.20 Å². The molecule has 204 valence electrons. The molecule has 3 rings (SSSR count). The van der Waals surface area contributed by atoms with Crippen molar-refractivity contribution in [3.05, 3.63) is 54.8 Å². The van der Waals surface area contributed by atoms with Crippen molar-refractivity contribution in [2.75, 3.05) is 46.1 Å². The summed E-state index contributed by atoms with van der Waals surface area (Å²) in [7, 11) is 8.77. The fourth-order valence-electron chi connectivity index (χ4n) is 3.70. The van der Waals surface area contributed by atoms with Gasteiger partial charge in [0.25, 0.3) is 0 Å². The summed E-state index contributed by atoms with van der Waals surface area (Å²) < 4.78 is 2.08. The second-order valence-corrected chi connectivity index (χ2v) is 10.1. The smallest absolute Gasteiger partial charge is 0.142 e. The lowest BCUT2D eigenvalue weighted by Gasteiger charge is -2.30. The average molecular weight is 527 g/mol. The molecule has 2 N–H and O–H groups in total. The zero-order chi connectivity index (χ0) is 27.8. The molecule has 0 amide bonds. The molecule has 1 atom stereocenters. The van der Waals surface area contributed by atoms with Crippen LogP contribution in [0.15, 0.2) is 49.2 Å². The van der Waals surface area contributed by atoms with Gasteiger partial charge in [-0.15, -0.1) is 9.24 Å². The van der Waals surface area contributed by atoms with Crippen LogP contribution in [0.2, 0.25) is 0 Å². The minimum atomic E-state index is 0.339. The van der Waals surface area contributed by atoms with Crippen molar-refractivity contribution in [3.63, 3.8) is 0 Å². The molecule has 2 heterocycles. The lowest BCUT2D eigenvalue weighted by Crippen LogP contribution is -2.32. The van der Waals surface area contributed by atoms with Crippen molar-refractivity contribution in [1.29, 1.82) is 5.41 Å². The van der Waals surface area contributed by atoms with Gasteiger partial charge in [0.2, 0.25) is 0 Å². The zero-order valence-corrected chi connectivity index (χ0v) is 24.8. The molecule has 0 radical (unpaired) electrons. The summed E-state index contributed by atoms with van der Waals surface area (Å²) in [6.07, 6.45) is 10.5. The number of piperidine rings is 1. The molecule has 8 heteroatoms. The number of aromatic nitrogens is 2. The normalized spacial score (nSPS) is 13.9. The quantitative estimate of drug-likeness (QED) is 0.199. The Hall–Kier alpha value is -2.60. The highest BCUT2D eigenvalue weighted by atomic mass is 31.0. The summed E-state index contributed by atoms with van der Waals surface area (Å²) >= 11 is 0. The van der Waals surface area contributed by atoms with Gasteiger partial charge in [-0.25, -0.2) is 4.68 Å². The highest BCUT2D eigenvalue weighted by Crippen LogP contribution is 2.34. The first-order valence-corrected chi connectivity index (χ1v) is 13.6. The van der Waals surface area contributed by atoms with Gasteiger partial charge in [0.15, 0.2) is 0 Å². The van der Waals surface area contributed by atoms with Crippen LogP contribution in [-0.4, -0.2) is 72.4 Å². The number of likely N-dealkylation sites (N-methyl/N-ethyl adjacent to an activating group) is 1. The van der Waals surface area contributed by atoms with Crippen LogP contribution in [-0.2, 0) is 4.79 Å². The number of allylic oxidation sites excluding steroid dienone is 1. The number of aldehydes is 1. The zero-order valence-electron chi connectivity index (χ0n) is 23.6. The topological polar surface area (TPSA) is 77.2 Å². The van der Waals surface area contributed by atoms with Crippen molar-refractivity contribution in [3.8, 4) is 11.3 Å². The SMILES string of the molecule is C=CNc1c(C(C)=N)c(-c2ccc(P)cc2)nn1C1CCN(C)CC1.CCCC.CN(C)C/C=C/C=O. The lowest BCUT2D eigenvalue weighted by molar-refractivity contribution is -0.104. The number of nitrogens with zero attached hydrogens (tertiary/aromatic N) is 4. The van der Waals surface area contributed by atoms with E-state index in [4.69, 9.17) is 10.5 Å². The number of rotatable bonds is 9. The number of hydrogen-bond acceptors (Lipinski definition) is 6. The molecular formula is C29H47N6OP. The Morgan fingerprint density at radius 2 is 1.81 bits per heavy atom. The number of carbonyl (C=O) groups is 1. The van der Waals surface area contributed by atoms with Crippen LogP contribution >= 0.6 is 9.24 Å². The van der Waals surface area contributed by atoms with Crippen LogP contribution in [0.5, 0.6) is 0 Å². The summed E-state index contributed by atoms with van der Waals surface area (Å²) in [6, 6.07) is 8.57. The monoisotopic (exact) mass is 526 g/mol. The number of unbranched alkanes of at least 4 members (excludes halogenated alkanes) is 1. The van der Waals surface area contributed by atoms with E-state index in [0.29, 0.717) is 11.8 Å². The van der Waals surface area contributed by atoms with Gasteiger partial charge in [-0.2, -0.15) is 5.10 Å². The van der Waals surface area contributed by atoms with Crippen molar-refractivity contribution < 1.29 is 4.79 Å². The molecular weight excluding hydrogens is 479 g/mol. The van der Waals surface area contributed by atoms with Gasteiger partial charge < -0.3 is 20.5 Å². The second-order valence-electron chi connectivity index (χ2n) is 9.47. The lowest BCUT2D eigenvalue weighted by atomic mass is 10.0. The molecule has 0 saturated carbocycles. The maximum Gasteiger partial charge on any atom is 0.142 e. The standard InChI is InChI=1S/C19H26N5P.C6H11NO.C4H10/c1-4-21-19-17(13(2)20)18(14-5-7-16(25)8-6-14)22-24(19)15-9-11-23(3)12-10-15;1-7(2)5-3-4-6-8;1-3-4-2/h4-8,15,20-21H,1,9-12,25H2,2-3H3;3-4,6H,5H2,1-2H3;3-4H2,1-2H3/b;4-3+;. The highest BCUT2D eigenvalue weighted by Gasteiger charge is 2.26. The van der Waals surface area contributed by atoms with Crippen LogP contribution in [0, 0.1) is 5.41 Å². The third kappa shape index (κ3) is 11.1. The van der Waals surface area contributed by atoms with E-state index in [1.165, 1.54) is 18.9 Å². The number of likely N-dealkylation sites (tertiary alicyclic amines) is 1. The van der Waals surface area contributed by atoms with Crippen molar-refractivity contribution in [2.24, 2.45) is 0 Å². The Labute approximate surface area is 226 Å². The molecule has 37 heavy (non-hydrogen) atoms. The molecule has 1 aromatic heterocycles. The van der Waals surface area contributed by atoms with Crippen LogP contribution in [0.4, 0.5) is 5.82 Å². The Morgan fingerprint density at radius 1 is 1.22 bits per heavy atom. The number of anilines is 1. The predicted molar refractivity (Wildman–Crippen MR) is 163 cm³/mol. The third-order valence-electron chi connectivity index (χ3n) is 5.93. The van der Waals surface area contributed by atoms with Gasteiger partial charge in [-0.1, -0.05) is 63.6 Å². The van der Waals surface area contributed by atoms with Crippen LogP contribution < -0.4 is 10.6 Å². The summed E-state index contributed by atoms with van der Waals surface area (Å²) in [5.41, 5.74) is 3.26. The van der Waals surface area contributed by atoms with Crippen molar-refractivity contribution in [1.82, 2.24) is 19.6 Å². The average Bonchev–Trinajstić information content (AvgIpc) is 3.25. The van der Waals surface area contributed by atoms with E-state index in [2.05, 4.69) is 75.9 Å². The van der Waals surface area contributed by atoms with Crippen LogP contribution in [0.3, 0.4) is 0 Å². The highest BCUT2D eigenvalue weighted by molar-refractivity contribution is 7.27. The fourth-order valence-corrected chi connectivity index (χ4v) is 3.89. The Morgan fingerprint density at radius 3 is 2.27 bits per heavy atom. The van der Waals surface area contributed by atoms with E-state index in [-0.39, 0.29) is 0 Å². The first kappa shape index (κ1) is 32.4. The molecule has 0 aliphatic carbocycles. The number of carbonyl (C=O) groups excluding carboxylic acids is 1. The Kier molecular flexibility index (Phi) is 15.6. The fraction of sp³-hybridized carbons (Fsp3) is 0.483. The molecule has 0 bridgehead atoms. The predicted octanol–water partition coefficient (Wildman–Crippen LogP) is 5.37. The van der Waals surface area contributed by atoms with Gasteiger partial charge in [-0.3, -0.25) is 4.79 Å². The number of benzene rings is 1. The van der Waals surface area contributed by atoms with E-state index < -0.39 is 0 Å². The maximum absolute atomic E-state index is 9.68. The molecule has 7 nitrogen and oxygen atoms in total. The van der Waals surface area contributed by atoms with E-state index in [9.17, 15) is 4.79 Å². The number of nitrogens with one attached hydrogen (secondary N) is 2. The largest absolute Gasteiger partial charge is 0.347 e. The van der Waals surface area contributed by atoms with E-state index in [0.717, 1.165) is 66.7 Å². The Bertz CT molecular complexity index is 987. The van der Waals surface area contributed by atoms with Gasteiger partial charge in [0.1, 0.15) is 17.8 Å². The van der Waals surface area contributed by atoms with E-state index >= 15 is 0 Å². The van der Waals surface area contributed by atoms with Crippen LogP contribution in [0.25, 0.3) is 11.3 Å². The summed E-state index contributed by atoms with van der Waals surface area (Å²) in [4.78, 5) is 14.0. The maximum atomic E-state index is 9.68. The minimum Gasteiger partial charge on any atom is -0.347 e. The van der Waals surface area contributed by atoms with Gasteiger partial charge in [0.05, 0.1) is 11.6 Å². The first-order chi connectivity index (χ1) is 17.7. The van der Waals surface area contributed by atoms with Gasteiger partial charge in [-0.05, 0) is 71.6 Å². The van der Waals surface area contributed by atoms with Crippen molar-refractivity contribution in [2.45, 2.75) is 52.5 Å². The molecule has 1 aliphatic heterocycles. The molecule has 1 aliphatic rings. The molecule has 1 aromatic carbocycles. The Balaban J connectivity index is 0.000000478. The molecule has 2 aromatic rings. The molecule has 1 saturated heterocycles. The van der Waals surface area contributed by atoms with Crippen molar-refractivity contribution >= 4 is 32.4 Å².